The zero-order valence-corrected chi connectivity index (χ0v) is 19.1. The molecule has 4 heterocycles. The van der Waals surface area contributed by atoms with E-state index in [1.807, 2.05) is 26.0 Å². The van der Waals surface area contributed by atoms with E-state index in [0.717, 1.165) is 75.4 Å². The minimum absolute atomic E-state index is 0.216. The molecule has 5 rings (SSSR count). The van der Waals surface area contributed by atoms with Crippen LogP contribution in [0.5, 0.6) is 5.75 Å². The highest BCUT2D eigenvalue weighted by Gasteiger charge is 2.54. The summed E-state index contributed by atoms with van der Waals surface area (Å²) in [6, 6.07) is 3.90. The fraction of sp³-hybridized carbons (Fsp3) is 0.708. The fourth-order valence-corrected chi connectivity index (χ4v) is 6.39. The molecule has 176 valence electrons. The first kappa shape index (κ1) is 23.0. The number of carbonyl (C=O) groups is 2. The molecule has 1 saturated carbocycles. The number of ether oxygens (including phenoxy) is 1. The molecule has 4 fully saturated rings. The van der Waals surface area contributed by atoms with Gasteiger partial charge in [-0.15, -0.1) is 0 Å². The van der Waals surface area contributed by atoms with Crippen molar-refractivity contribution in [2.45, 2.75) is 70.1 Å². The number of hydrogen-bond acceptors (Lipinski definition) is 6. The van der Waals surface area contributed by atoms with Crippen molar-refractivity contribution in [2.24, 2.45) is 11.8 Å². The molecule has 32 heavy (non-hydrogen) atoms. The van der Waals surface area contributed by atoms with E-state index >= 15 is 0 Å². The van der Waals surface area contributed by atoms with E-state index < -0.39 is 6.10 Å². The van der Waals surface area contributed by atoms with Crippen molar-refractivity contribution in [2.75, 3.05) is 26.2 Å². The summed E-state index contributed by atoms with van der Waals surface area (Å²) in [7, 11) is 0. The minimum atomic E-state index is -0.486. The summed E-state index contributed by atoms with van der Waals surface area (Å²) in [5.41, 5.74) is 1.62. The fourth-order valence-electron chi connectivity index (χ4n) is 6.39. The maximum atomic E-state index is 13.5. The van der Waals surface area contributed by atoms with Crippen molar-refractivity contribution in [3.8, 4) is 5.75 Å². The van der Waals surface area contributed by atoms with Crippen LogP contribution in [0.15, 0.2) is 12.1 Å². The average Bonchev–Trinajstić information content (AvgIpc) is 3.44. The van der Waals surface area contributed by atoms with Gasteiger partial charge in [0.1, 0.15) is 17.4 Å². The second kappa shape index (κ2) is 9.35. The van der Waals surface area contributed by atoms with Crippen LogP contribution in [0.25, 0.3) is 0 Å². The van der Waals surface area contributed by atoms with Gasteiger partial charge in [-0.25, -0.2) is 0 Å². The van der Waals surface area contributed by atoms with Gasteiger partial charge in [0.25, 0.3) is 6.47 Å². The summed E-state index contributed by atoms with van der Waals surface area (Å²) in [6.07, 6.45) is 5.14. The maximum Gasteiger partial charge on any atom is 0.290 e. The predicted molar refractivity (Wildman–Crippen MR) is 118 cm³/mol. The van der Waals surface area contributed by atoms with Crippen LogP contribution in [-0.2, 0) is 9.59 Å². The lowest BCUT2D eigenvalue weighted by Gasteiger charge is -2.35. The lowest BCUT2D eigenvalue weighted by atomic mass is 9.78. The molecule has 2 N–H and O–H groups in total. The number of aliphatic hydroxyl groups is 1. The Kier molecular flexibility index (Phi) is 6.72. The monoisotopic (exact) mass is 445 g/mol. The SMILES string of the molecule is Cc1ccc(O[C@@H]2C[C@@H]3CN(C(=O)C45CCCN4CCC5)C[C@@H]3C[C@H]2O)c(C)n1.O=CO. The minimum Gasteiger partial charge on any atom is -0.486 e. The highest BCUT2D eigenvalue weighted by molar-refractivity contribution is 5.87. The van der Waals surface area contributed by atoms with E-state index in [4.69, 9.17) is 14.6 Å². The van der Waals surface area contributed by atoms with Gasteiger partial charge in [-0.3, -0.25) is 19.5 Å². The molecule has 8 nitrogen and oxygen atoms in total. The molecule has 3 saturated heterocycles. The van der Waals surface area contributed by atoms with Crippen molar-refractivity contribution in [3.63, 3.8) is 0 Å². The Hall–Kier alpha value is -2.19. The number of likely N-dealkylation sites (tertiary alicyclic amines) is 1. The maximum absolute atomic E-state index is 13.5. The number of amides is 1. The van der Waals surface area contributed by atoms with Crippen LogP contribution in [0, 0.1) is 25.7 Å². The van der Waals surface area contributed by atoms with E-state index in [1.165, 1.54) is 0 Å². The lowest BCUT2D eigenvalue weighted by Crippen LogP contribution is -2.53. The zero-order chi connectivity index (χ0) is 22.9. The Bertz CT molecular complexity index is 837. The number of nitrogens with zero attached hydrogens (tertiary/aromatic N) is 3. The van der Waals surface area contributed by atoms with Gasteiger partial charge < -0.3 is 19.8 Å². The zero-order valence-electron chi connectivity index (χ0n) is 19.1. The third kappa shape index (κ3) is 4.22. The first-order chi connectivity index (χ1) is 15.4. The van der Waals surface area contributed by atoms with E-state index in [-0.39, 0.29) is 18.1 Å². The molecule has 4 aliphatic rings. The molecule has 0 aromatic carbocycles. The molecule has 4 atom stereocenters. The van der Waals surface area contributed by atoms with Crippen LogP contribution in [0.1, 0.15) is 49.9 Å². The quantitative estimate of drug-likeness (QED) is 0.686. The van der Waals surface area contributed by atoms with E-state index in [2.05, 4.69) is 14.8 Å². The third-order valence-corrected chi connectivity index (χ3v) is 7.87. The average molecular weight is 446 g/mol. The van der Waals surface area contributed by atoms with Crippen LogP contribution >= 0.6 is 0 Å². The summed E-state index contributed by atoms with van der Waals surface area (Å²) in [5, 5.41) is 17.6. The van der Waals surface area contributed by atoms with Gasteiger partial charge in [0.15, 0.2) is 0 Å². The number of aliphatic hydroxyl groups excluding tert-OH is 1. The molecule has 0 bridgehead atoms. The molecule has 1 aromatic heterocycles. The van der Waals surface area contributed by atoms with Crippen LogP contribution in [-0.4, -0.2) is 81.3 Å². The van der Waals surface area contributed by atoms with Crippen LogP contribution in [0.4, 0.5) is 0 Å². The second-order valence-electron chi connectivity index (χ2n) is 9.79. The second-order valence-corrected chi connectivity index (χ2v) is 9.79. The lowest BCUT2D eigenvalue weighted by molar-refractivity contribution is -0.140. The van der Waals surface area contributed by atoms with Crippen LogP contribution < -0.4 is 4.74 Å². The molecular formula is C24H35N3O5. The van der Waals surface area contributed by atoms with Gasteiger partial charge >= 0.3 is 0 Å². The van der Waals surface area contributed by atoms with E-state index in [9.17, 15) is 9.90 Å². The Morgan fingerprint density at radius 3 is 2.41 bits per heavy atom. The summed E-state index contributed by atoms with van der Waals surface area (Å²) in [5.74, 6) is 1.92. The third-order valence-electron chi connectivity index (χ3n) is 7.87. The van der Waals surface area contributed by atoms with Crippen molar-refractivity contribution in [1.82, 2.24) is 14.8 Å². The number of rotatable bonds is 3. The standard InChI is InChI=1S/C23H33N3O3.CH2O2/c1-15-5-6-20(16(2)24-15)29-21-12-18-14-25(13-17(18)11-19(21)27)22(28)23-7-3-9-26(23)10-4-8-23;2-1-3/h5-6,17-19,21,27H,3-4,7-14H2,1-2H3;1H,(H,2,3)/t17-,18+,19+,21+;/m0./s1. The molecular weight excluding hydrogens is 410 g/mol. The van der Waals surface area contributed by atoms with Crippen molar-refractivity contribution in [3.05, 3.63) is 23.5 Å². The predicted octanol–water partition coefficient (Wildman–Crippen LogP) is 2.00. The number of pyridine rings is 1. The molecule has 0 unspecified atom stereocenters. The van der Waals surface area contributed by atoms with Gasteiger partial charge in [0.2, 0.25) is 5.91 Å². The smallest absolute Gasteiger partial charge is 0.290 e. The summed E-state index contributed by atoms with van der Waals surface area (Å²) < 4.78 is 6.20. The highest BCUT2D eigenvalue weighted by atomic mass is 16.5. The number of aromatic nitrogens is 1. The summed E-state index contributed by atoms with van der Waals surface area (Å²) in [4.78, 5) is 30.9. The first-order valence-electron chi connectivity index (χ1n) is 11.8. The largest absolute Gasteiger partial charge is 0.486 e. The Morgan fingerprint density at radius 1 is 1.16 bits per heavy atom. The number of carbonyl (C=O) groups excluding carboxylic acids is 1. The molecule has 1 aromatic rings. The summed E-state index contributed by atoms with van der Waals surface area (Å²) >= 11 is 0. The van der Waals surface area contributed by atoms with Gasteiger partial charge in [-0.1, -0.05) is 0 Å². The van der Waals surface area contributed by atoms with E-state index in [1.54, 1.807) is 0 Å². The molecule has 0 spiro atoms. The first-order valence-corrected chi connectivity index (χ1v) is 11.8. The van der Waals surface area contributed by atoms with Crippen molar-refractivity contribution >= 4 is 12.4 Å². The van der Waals surface area contributed by atoms with Gasteiger partial charge in [0, 0.05) is 18.8 Å². The number of hydrogen-bond donors (Lipinski definition) is 2. The van der Waals surface area contributed by atoms with Crippen LogP contribution in [0.3, 0.4) is 0 Å². The summed E-state index contributed by atoms with van der Waals surface area (Å²) in [6.45, 7) is 7.43. The number of fused-ring (bicyclic) bond motifs is 2. The Balaban J connectivity index is 0.000000775. The topological polar surface area (TPSA) is 103 Å². The van der Waals surface area contributed by atoms with E-state index in [0.29, 0.717) is 24.2 Å². The Morgan fingerprint density at radius 2 is 1.78 bits per heavy atom. The van der Waals surface area contributed by atoms with Crippen LogP contribution in [0.2, 0.25) is 0 Å². The number of aryl methyl sites for hydroxylation is 2. The van der Waals surface area contributed by atoms with Crippen molar-refractivity contribution < 1.29 is 24.5 Å². The Labute approximate surface area is 189 Å². The molecule has 1 amide bonds. The molecule has 8 heteroatoms. The van der Waals surface area contributed by atoms with Gasteiger partial charge in [0.05, 0.1) is 11.8 Å². The van der Waals surface area contributed by atoms with Crippen molar-refractivity contribution in [1.29, 1.82) is 0 Å². The molecule has 0 radical (unpaired) electrons. The van der Waals surface area contributed by atoms with Gasteiger partial charge in [-0.2, -0.15) is 0 Å². The van der Waals surface area contributed by atoms with Gasteiger partial charge in [-0.05, 0) is 89.4 Å². The highest BCUT2D eigenvalue weighted by Crippen LogP contribution is 2.44. The number of carboxylic acid groups (broad SMARTS) is 1. The molecule has 1 aliphatic carbocycles. The normalized spacial score (nSPS) is 30.8. The molecule has 3 aliphatic heterocycles.